The van der Waals surface area contributed by atoms with Gasteiger partial charge in [0.1, 0.15) is 11.6 Å². The Morgan fingerprint density at radius 3 is 1.97 bits per heavy atom. The van der Waals surface area contributed by atoms with Crippen molar-refractivity contribution in [2.24, 2.45) is 11.8 Å². The van der Waals surface area contributed by atoms with E-state index < -0.39 is 0 Å². The van der Waals surface area contributed by atoms with Gasteiger partial charge in [0, 0.05) is 35.1 Å². The lowest BCUT2D eigenvalue weighted by Crippen LogP contribution is -2.33. The highest BCUT2D eigenvalue weighted by atomic mass is 79.9. The van der Waals surface area contributed by atoms with Crippen LogP contribution in [0.15, 0.2) is 42.5 Å². The Morgan fingerprint density at radius 2 is 1.50 bits per heavy atom. The first kappa shape index (κ1) is 32.0. The first-order chi connectivity index (χ1) is 17.0. The van der Waals surface area contributed by atoms with Crippen LogP contribution < -0.4 is 0 Å². The molecule has 210 valence electrons. The zero-order chi connectivity index (χ0) is 27.8. The minimum atomic E-state index is -0.309. The molecule has 2 aromatic rings. The number of hydrogen-bond donors (Lipinski definition) is 2. The number of ketones is 1. The van der Waals surface area contributed by atoms with E-state index in [1.807, 2.05) is 97.5 Å². The first-order valence-electron chi connectivity index (χ1n) is 13.4. The predicted octanol–water partition coefficient (Wildman–Crippen LogP) is 7.33. The predicted molar refractivity (Wildman–Crippen MR) is 162 cm³/mol. The Bertz CT molecular complexity index is 1090. The average molecular weight is 588 g/mol. The Kier molecular flexibility index (Phi) is 10.0. The number of Topliss-reactive ketones (excluding diaryl/α,β-unsaturated/α-hetero) is 1. The largest absolute Gasteiger partial charge is 0.507 e. The van der Waals surface area contributed by atoms with Crippen molar-refractivity contribution < 1.29 is 14.6 Å². The number of likely N-dealkylation sites (tertiary alicyclic amines) is 1. The Labute approximate surface area is 240 Å². The lowest BCUT2D eigenvalue weighted by molar-refractivity contribution is -0.0258. The van der Waals surface area contributed by atoms with Crippen molar-refractivity contribution in [2.75, 3.05) is 19.7 Å². The summed E-state index contributed by atoms with van der Waals surface area (Å²) >= 11 is 0. The molecule has 1 aliphatic heterocycles. The van der Waals surface area contributed by atoms with Crippen LogP contribution >= 0.6 is 17.0 Å². The van der Waals surface area contributed by atoms with Crippen LogP contribution in [0.2, 0.25) is 0 Å². The van der Waals surface area contributed by atoms with Crippen molar-refractivity contribution in [2.45, 2.75) is 85.2 Å². The molecule has 1 heterocycles. The summed E-state index contributed by atoms with van der Waals surface area (Å²) < 4.78 is 6.15. The number of aromatic hydroxyl groups is 1. The van der Waals surface area contributed by atoms with Gasteiger partial charge in [-0.05, 0) is 55.7 Å². The molecule has 5 nitrogen and oxygen atoms in total. The summed E-state index contributed by atoms with van der Waals surface area (Å²) in [5.74, 6) is 0.873. The maximum atomic E-state index is 13.7. The third-order valence-electron chi connectivity index (χ3n) is 7.13. The Morgan fingerprint density at radius 1 is 0.974 bits per heavy atom. The molecule has 1 aliphatic rings. The van der Waals surface area contributed by atoms with Gasteiger partial charge in [0.05, 0.1) is 18.8 Å². The molecule has 0 radical (unpaired) electrons. The molecule has 38 heavy (non-hydrogen) atoms. The Balaban J connectivity index is 0.00000507. The summed E-state index contributed by atoms with van der Waals surface area (Å²) in [6.07, 6.45) is 0.754. The molecule has 0 aliphatic carbocycles. The molecular weight excluding hydrogens is 540 g/mol. The summed E-state index contributed by atoms with van der Waals surface area (Å²) in [5.41, 5.74) is 2.45. The number of amidine groups is 1. The van der Waals surface area contributed by atoms with Gasteiger partial charge in [-0.2, -0.15) is 0 Å². The monoisotopic (exact) mass is 586 g/mol. The number of nitrogens with one attached hydrogen (secondary N) is 1. The van der Waals surface area contributed by atoms with Gasteiger partial charge in [-0.15, -0.1) is 17.0 Å². The molecule has 0 spiro atoms. The van der Waals surface area contributed by atoms with Gasteiger partial charge >= 0.3 is 0 Å². The second-order valence-corrected chi connectivity index (χ2v) is 13.6. The van der Waals surface area contributed by atoms with Gasteiger partial charge in [0.25, 0.3) is 0 Å². The second kappa shape index (κ2) is 11.9. The van der Waals surface area contributed by atoms with Crippen molar-refractivity contribution in [3.05, 3.63) is 64.7 Å². The first-order valence-corrected chi connectivity index (χ1v) is 13.4. The van der Waals surface area contributed by atoms with E-state index in [0.29, 0.717) is 24.6 Å². The quantitative estimate of drug-likeness (QED) is 0.333. The standard InChI is InChI=1S/C32H46N2O3.BrH/c1-30(2,3)25-16-22(17-26(28(25)36)31(4,5)6)27(35)19-34-18-23(20-37-32(7,8)9)24(29(34)33)15-21-13-11-10-12-14-21;/h10-14,16-17,23-24,33,36H,15,18-20H2,1-9H3;1H. The van der Waals surface area contributed by atoms with Crippen molar-refractivity contribution >= 4 is 28.6 Å². The zero-order valence-electron chi connectivity index (χ0n) is 24.6. The summed E-state index contributed by atoms with van der Waals surface area (Å²) in [6.45, 7) is 19.7. The molecule has 0 bridgehead atoms. The number of hydrogen-bond acceptors (Lipinski definition) is 4. The summed E-state index contributed by atoms with van der Waals surface area (Å²) in [7, 11) is 0. The normalized spacial score (nSPS) is 18.4. The van der Waals surface area contributed by atoms with E-state index >= 15 is 0 Å². The van der Waals surface area contributed by atoms with Gasteiger partial charge in [-0.25, -0.2) is 0 Å². The van der Waals surface area contributed by atoms with Gasteiger partial charge < -0.3 is 14.7 Å². The minimum absolute atomic E-state index is 0. The number of benzene rings is 2. The average Bonchev–Trinajstić information content (AvgIpc) is 3.05. The van der Waals surface area contributed by atoms with E-state index in [-0.39, 0.29) is 63.3 Å². The molecule has 2 atom stereocenters. The summed E-state index contributed by atoms with van der Waals surface area (Å²) in [6, 6.07) is 13.9. The summed E-state index contributed by atoms with van der Waals surface area (Å²) in [5, 5.41) is 20.1. The molecule has 2 aromatic carbocycles. The molecule has 0 amide bonds. The Hall–Kier alpha value is -2.18. The van der Waals surface area contributed by atoms with Gasteiger partial charge in [-0.1, -0.05) is 71.9 Å². The van der Waals surface area contributed by atoms with E-state index in [0.717, 1.165) is 17.5 Å². The smallest absolute Gasteiger partial charge is 0.182 e. The number of rotatable bonds is 7. The van der Waals surface area contributed by atoms with Crippen LogP contribution in [0.4, 0.5) is 0 Å². The fraction of sp³-hybridized carbons (Fsp3) is 0.562. The molecule has 1 saturated heterocycles. The van der Waals surface area contributed by atoms with Gasteiger partial charge in [0.15, 0.2) is 5.78 Å². The van der Waals surface area contributed by atoms with Crippen LogP contribution in [0.3, 0.4) is 0 Å². The third kappa shape index (κ3) is 7.92. The zero-order valence-corrected chi connectivity index (χ0v) is 26.4. The van der Waals surface area contributed by atoms with Crippen LogP contribution in [0.1, 0.15) is 89.4 Å². The third-order valence-corrected chi connectivity index (χ3v) is 7.13. The van der Waals surface area contributed by atoms with Crippen molar-refractivity contribution in [3.63, 3.8) is 0 Å². The minimum Gasteiger partial charge on any atom is -0.507 e. The van der Waals surface area contributed by atoms with Crippen molar-refractivity contribution in [1.82, 2.24) is 4.90 Å². The summed E-state index contributed by atoms with van der Waals surface area (Å²) in [4.78, 5) is 15.6. The van der Waals surface area contributed by atoms with Crippen molar-refractivity contribution in [1.29, 1.82) is 5.41 Å². The molecule has 2 N–H and O–H groups in total. The molecule has 1 fully saturated rings. The maximum Gasteiger partial charge on any atom is 0.182 e. The second-order valence-electron chi connectivity index (χ2n) is 13.6. The fourth-order valence-corrected chi connectivity index (χ4v) is 4.98. The molecule has 2 unspecified atom stereocenters. The number of nitrogens with zero attached hydrogens (tertiary/aromatic N) is 1. The van der Waals surface area contributed by atoms with Gasteiger partial charge in [-0.3, -0.25) is 10.2 Å². The highest BCUT2D eigenvalue weighted by molar-refractivity contribution is 8.93. The van der Waals surface area contributed by atoms with Crippen LogP contribution in [0.5, 0.6) is 5.75 Å². The van der Waals surface area contributed by atoms with Crippen LogP contribution in [0, 0.1) is 17.2 Å². The SMILES string of the molecule is Br.CC(C)(C)OCC1CN(CC(=O)c2cc(C(C)(C)C)c(O)c(C(C)(C)C)c2)C(=N)C1Cc1ccccc1. The van der Waals surface area contributed by atoms with Crippen LogP contribution in [-0.4, -0.2) is 46.9 Å². The van der Waals surface area contributed by atoms with Crippen LogP contribution in [0.25, 0.3) is 0 Å². The lowest BCUT2D eigenvalue weighted by atomic mass is 9.78. The van der Waals surface area contributed by atoms with E-state index in [2.05, 4.69) is 12.1 Å². The number of phenols is 1. The molecule has 0 saturated carbocycles. The topological polar surface area (TPSA) is 73.6 Å². The molecule has 6 heteroatoms. The fourth-order valence-electron chi connectivity index (χ4n) is 4.98. The highest BCUT2D eigenvalue weighted by Crippen LogP contribution is 2.40. The number of carbonyl (C=O) groups excluding carboxylic acids is 1. The van der Waals surface area contributed by atoms with E-state index in [1.54, 1.807) is 0 Å². The molecule has 3 rings (SSSR count). The highest BCUT2D eigenvalue weighted by Gasteiger charge is 2.39. The lowest BCUT2D eigenvalue weighted by Gasteiger charge is -2.28. The van der Waals surface area contributed by atoms with Crippen molar-refractivity contribution in [3.8, 4) is 5.75 Å². The van der Waals surface area contributed by atoms with Crippen LogP contribution in [-0.2, 0) is 22.0 Å². The number of ether oxygens (including phenoxy) is 1. The molecular formula is C32H47BrN2O3. The van der Waals surface area contributed by atoms with E-state index in [4.69, 9.17) is 10.1 Å². The number of phenolic OH excluding ortho intramolecular Hbond substituents is 1. The van der Waals surface area contributed by atoms with E-state index in [9.17, 15) is 9.90 Å². The maximum absolute atomic E-state index is 13.7. The number of carbonyl (C=O) groups is 1. The van der Waals surface area contributed by atoms with E-state index in [1.165, 1.54) is 5.56 Å². The van der Waals surface area contributed by atoms with Gasteiger partial charge in [0.2, 0.25) is 0 Å². The molecule has 0 aromatic heterocycles. The number of halogens is 1.